The van der Waals surface area contributed by atoms with Gasteiger partial charge in [-0.2, -0.15) is 15.4 Å². The second kappa shape index (κ2) is 5.20. The molecular weight excluding hydrogens is 286 g/mol. The lowest BCUT2D eigenvalue weighted by atomic mass is 10.0. The number of carbonyl (C=O) groups is 1. The van der Waals surface area contributed by atoms with Crippen molar-refractivity contribution in [3.63, 3.8) is 0 Å². The van der Waals surface area contributed by atoms with Gasteiger partial charge in [0.2, 0.25) is 5.76 Å². The molecule has 116 valence electrons. The van der Waals surface area contributed by atoms with Gasteiger partial charge in [-0.1, -0.05) is 5.16 Å². The molecule has 0 bridgehead atoms. The maximum absolute atomic E-state index is 12.6. The number of hydrogen-bond donors (Lipinski definition) is 1. The Bertz CT molecular complexity index is 664. The van der Waals surface area contributed by atoms with E-state index in [1.807, 2.05) is 0 Å². The number of aromatic nitrogens is 4. The van der Waals surface area contributed by atoms with Gasteiger partial charge in [0.05, 0.1) is 29.6 Å². The number of nitrogens with zero attached hydrogens (tertiary/aromatic N) is 4. The maximum Gasteiger partial charge on any atom is 0.292 e. The van der Waals surface area contributed by atoms with Gasteiger partial charge in [-0.3, -0.25) is 4.79 Å². The highest BCUT2D eigenvalue weighted by molar-refractivity contribution is 5.91. The SMILES string of the molecule is CO[C@@H]1CN(C(=O)c2cc(C3CC3)no2)C[C@H]1c1cn[nH]n1. The quantitative estimate of drug-likeness (QED) is 0.902. The Morgan fingerprint density at radius 3 is 2.95 bits per heavy atom. The number of amides is 1. The number of nitrogens with one attached hydrogen (secondary N) is 1. The van der Waals surface area contributed by atoms with E-state index in [-0.39, 0.29) is 17.9 Å². The minimum absolute atomic E-state index is 0.0125. The van der Waals surface area contributed by atoms with Crippen LogP contribution in [0.15, 0.2) is 16.8 Å². The largest absolute Gasteiger partial charge is 0.379 e. The van der Waals surface area contributed by atoms with Crippen LogP contribution in [-0.4, -0.2) is 57.7 Å². The van der Waals surface area contributed by atoms with E-state index in [0.717, 1.165) is 24.2 Å². The highest BCUT2D eigenvalue weighted by Crippen LogP contribution is 2.39. The molecule has 1 aliphatic heterocycles. The molecule has 8 nitrogen and oxygen atoms in total. The third kappa shape index (κ3) is 2.29. The smallest absolute Gasteiger partial charge is 0.292 e. The Balaban J connectivity index is 1.51. The number of likely N-dealkylation sites (tertiary alicyclic amines) is 1. The number of carbonyl (C=O) groups excluding carboxylic acids is 1. The van der Waals surface area contributed by atoms with Gasteiger partial charge in [-0.05, 0) is 12.8 Å². The van der Waals surface area contributed by atoms with Crippen molar-refractivity contribution in [3.8, 4) is 0 Å². The van der Waals surface area contributed by atoms with Crippen molar-refractivity contribution in [2.24, 2.45) is 0 Å². The molecule has 1 N–H and O–H groups in total. The van der Waals surface area contributed by atoms with Crippen LogP contribution in [0.5, 0.6) is 0 Å². The number of ether oxygens (including phenoxy) is 1. The van der Waals surface area contributed by atoms with Crippen molar-refractivity contribution in [3.05, 3.63) is 29.4 Å². The predicted octanol–water partition coefficient (Wildman–Crippen LogP) is 0.925. The third-order valence-electron chi connectivity index (χ3n) is 4.40. The number of rotatable bonds is 4. The minimum Gasteiger partial charge on any atom is -0.379 e. The van der Waals surface area contributed by atoms with Crippen molar-refractivity contribution in [2.75, 3.05) is 20.2 Å². The second-order valence-electron chi connectivity index (χ2n) is 5.88. The first-order chi connectivity index (χ1) is 10.8. The average molecular weight is 303 g/mol. The minimum atomic E-state index is -0.146. The maximum atomic E-state index is 12.6. The molecule has 1 saturated carbocycles. The third-order valence-corrected chi connectivity index (χ3v) is 4.40. The molecule has 4 rings (SSSR count). The Kier molecular flexibility index (Phi) is 3.18. The monoisotopic (exact) mass is 303 g/mol. The second-order valence-corrected chi connectivity index (χ2v) is 5.88. The summed E-state index contributed by atoms with van der Waals surface area (Å²) in [5.41, 5.74) is 1.69. The summed E-state index contributed by atoms with van der Waals surface area (Å²) in [6.07, 6.45) is 3.83. The Hall–Kier alpha value is -2.22. The summed E-state index contributed by atoms with van der Waals surface area (Å²) in [5, 5.41) is 14.5. The summed E-state index contributed by atoms with van der Waals surface area (Å²) in [6.45, 7) is 1.04. The molecule has 0 aromatic carbocycles. The lowest BCUT2D eigenvalue weighted by Crippen LogP contribution is -2.29. The molecule has 3 heterocycles. The van der Waals surface area contributed by atoms with Gasteiger partial charge in [0.15, 0.2) is 0 Å². The van der Waals surface area contributed by atoms with E-state index in [4.69, 9.17) is 9.26 Å². The summed E-state index contributed by atoms with van der Waals surface area (Å²) in [7, 11) is 1.64. The molecule has 2 aliphatic rings. The van der Waals surface area contributed by atoms with Crippen molar-refractivity contribution in [1.29, 1.82) is 0 Å². The molecular formula is C14H17N5O3. The van der Waals surface area contributed by atoms with Crippen LogP contribution in [0.25, 0.3) is 0 Å². The van der Waals surface area contributed by atoms with Crippen molar-refractivity contribution >= 4 is 5.91 Å². The molecule has 2 aromatic rings. The topological polar surface area (TPSA) is 97.1 Å². The highest BCUT2D eigenvalue weighted by atomic mass is 16.5. The van der Waals surface area contributed by atoms with Gasteiger partial charge in [-0.25, -0.2) is 0 Å². The van der Waals surface area contributed by atoms with E-state index >= 15 is 0 Å². The van der Waals surface area contributed by atoms with E-state index in [2.05, 4.69) is 20.6 Å². The summed E-state index contributed by atoms with van der Waals surface area (Å²) in [4.78, 5) is 14.3. The van der Waals surface area contributed by atoms with E-state index in [1.165, 1.54) is 0 Å². The van der Waals surface area contributed by atoms with Gasteiger partial charge < -0.3 is 14.2 Å². The fourth-order valence-corrected chi connectivity index (χ4v) is 2.97. The van der Waals surface area contributed by atoms with Crippen LogP contribution in [0, 0.1) is 0 Å². The van der Waals surface area contributed by atoms with Crippen molar-refractivity contribution in [1.82, 2.24) is 25.5 Å². The lowest BCUT2D eigenvalue weighted by molar-refractivity contribution is 0.0679. The average Bonchev–Trinajstić information content (AvgIpc) is 3.02. The van der Waals surface area contributed by atoms with Crippen LogP contribution >= 0.6 is 0 Å². The van der Waals surface area contributed by atoms with Gasteiger partial charge in [0, 0.05) is 32.2 Å². The van der Waals surface area contributed by atoms with Gasteiger partial charge in [0.1, 0.15) is 0 Å². The highest BCUT2D eigenvalue weighted by Gasteiger charge is 2.39. The normalized spacial score (nSPS) is 24.9. The van der Waals surface area contributed by atoms with Gasteiger partial charge >= 0.3 is 0 Å². The number of H-pyrrole nitrogens is 1. The predicted molar refractivity (Wildman–Crippen MR) is 74.3 cm³/mol. The van der Waals surface area contributed by atoms with Crippen molar-refractivity contribution in [2.45, 2.75) is 30.8 Å². The summed E-state index contributed by atoms with van der Waals surface area (Å²) in [6, 6.07) is 1.77. The van der Waals surface area contributed by atoms with Gasteiger partial charge in [-0.15, -0.1) is 0 Å². The fourth-order valence-electron chi connectivity index (χ4n) is 2.97. The number of methoxy groups -OCH3 is 1. The van der Waals surface area contributed by atoms with Crippen LogP contribution < -0.4 is 0 Å². The van der Waals surface area contributed by atoms with Crippen LogP contribution in [0.3, 0.4) is 0 Å². The molecule has 2 fully saturated rings. The first-order valence-corrected chi connectivity index (χ1v) is 7.40. The van der Waals surface area contributed by atoms with Crippen LogP contribution in [-0.2, 0) is 4.74 Å². The fraction of sp³-hybridized carbons (Fsp3) is 0.571. The Morgan fingerprint density at radius 2 is 2.27 bits per heavy atom. The molecule has 2 aromatic heterocycles. The molecule has 0 radical (unpaired) electrons. The molecule has 1 saturated heterocycles. The molecule has 8 heteroatoms. The zero-order chi connectivity index (χ0) is 15.1. The van der Waals surface area contributed by atoms with Crippen molar-refractivity contribution < 1.29 is 14.1 Å². The van der Waals surface area contributed by atoms with E-state index in [9.17, 15) is 4.79 Å². The molecule has 2 atom stereocenters. The molecule has 0 spiro atoms. The van der Waals surface area contributed by atoms with Crippen LogP contribution in [0.1, 0.15) is 46.6 Å². The molecule has 22 heavy (non-hydrogen) atoms. The number of aromatic amines is 1. The summed E-state index contributed by atoms with van der Waals surface area (Å²) in [5.74, 6) is 0.641. The van der Waals surface area contributed by atoms with E-state index in [1.54, 1.807) is 24.3 Å². The van der Waals surface area contributed by atoms with E-state index < -0.39 is 0 Å². The zero-order valence-corrected chi connectivity index (χ0v) is 12.2. The Labute approximate surface area is 126 Å². The first-order valence-electron chi connectivity index (χ1n) is 7.40. The summed E-state index contributed by atoms with van der Waals surface area (Å²) >= 11 is 0. The number of hydrogen-bond acceptors (Lipinski definition) is 6. The first kappa shape index (κ1) is 13.4. The van der Waals surface area contributed by atoms with Crippen LogP contribution in [0.4, 0.5) is 0 Å². The van der Waals surface area contributed by atoms with Gasteiger partial charge in [0.25, 0.3) is 5.91 Å². The standard InChI is InChI=1S/C14H17N5O3/c1-21-13-7-19(6-9(13)11-5-15-18-16-11)14(20)12-4-10(17-22-12)8-2-3-8/h4-5,8-9,13H,2-3,6-7H2,1H3,(H,15,16,18)/t9-,13+/m0/s1. The van der Waals surface area contributed by atoms with E-state index in [0.29, 0.717) is 24.8 Å². The molecule has 1 amide bonds. The zero-order valence-electron chi connectivity index (χ0n) is 12.2. The molecule has 0 unspecified atom stereocenters. The summed E-state index contributed by atoms with van der Waals surface area (Å²) < 4.78 is 10.7. The molecule has 1 aliphatic carbocycles. The van der Waals surface area contributed by atoms with Crippen LogP contribution in [0.2, 0.25) is 0 Å². The Morgan fingerprint density at radius 1 is 1.41 bits per heavy atom. The lowest BCUT2D eigenvalue weighted by Gasteiger charge is -2.13.